The maximum Gasteiger partial charge on any atom is 0.360 e. The van der Waals surface area contributed by atoms with E-state index in [0.29, 0.717) is 29.9 Å². The van der Waals surface area contributed by atoms with Gasteiger partial charge in [0.15, 0.2) is 11.4 Å². The Morgan fingerprint density at radius 1 is 1.08 bits per heavy atom. The molecule has 0 aliphatic rings. The summed E-state index contributed by atoms with van der Waals surface area (Å²) in [7, 11) is 0. The number of ether oxygens (including phenoxy) is 2. The van der Waals surface area contributed by atoms with E-state index in [4.69, 9.17) is 9.47 Å². The molecule has 0 radical (unpaired) electrons. The van der Waals surface area contributed by atoms with E-state index >= 15 is 0 Å². The molecule has 1 N–H and O–H groups in total. The Hall–Kier alpha value is -3.08. The van der Waals surface area contributed by atoms with Gasteiger partial charge < -0.3 is 14.6 Å². The Morgan fingerprint density at radius 3 is 2.56 bits per heavy atom. The molecule has 0 atom stereocenters. The van der Waals surface area contributed by atoms with Crippen LogP contribution >= 0.6 is 0 Å². The average Bonchev–Trinajstić information content (AvgIpc) is 2.63. The zero-order valence-corrected chi connectivity index (χ0v) is 14.2. The van der Waals surface area contributed by atoms with E-state index in [0.717, 1.165) is 11.1 Å². The second-order valence-corrected chi connectivity index (χ2v) is 5.65. The van der Waals surface area contributed by atoms with E-state index in [9.17, 15) is 9.90 Å². The number of aromatic nitrogens is 1. The number of pyridine rings is 1. The van der Waals surface area contributed by atoms with Crippen molar-refractivity contribution in [3.05, 3.63) is 59.9 Å². The molecule has 5 heteroatoms. The number of fused-ring (bicyclic) bond motifs is 1. The van der Waals surface area contributed by atoms with Gasteiger partial charge in [-0.15, -0.1) is 0 Å². The summed E-state index contributed by atoms with van der Waals surface area (Å²) in [5.74, 6) is 0.558. The summed E-state index contributed by atoms with van der Waals surface area (Å²) < 4.78 is 10.9. The van der Waals surface area contributed by atoms with Crippen LogP contribution in [0.15, 0.2) is 48.5 Å². The number of hydrogen-bond acceptors (Lipinski definition) is 5. The second kappa shape index (κ2) is 7.21. The zero-order valence-electron chi connectivity index (χ0n) is 14.2. The summed E-state index contributed by atoms with van der Waals surface area (Å²) in [6, 6.07) is 14.7. The summed E-state index contributed by atoms with van der Waals surface area (Å²) in [6.45, 7) is 3.98. The number of aryl methyl sites for hydroxylation is 1. The maximum atomic E-state index is 12.1. The van der Waals surface area contributed by atoms with Gasteiger partial charge in [0, 0.05) is 16.5 Å². The largest absolute Gasteiger partial charge is 0.505 e. The summed E-state index contributed by atoms with van der Waals surface area (Å²) in [6.07, 6.45) is 0.708. The number of carbonyl (C=O) groups excluding carboxylic acids is 1. The Balaban J connectivity index is 1.98. The van der Waals surface area contributed by atoms with Crippen molar-refractivity contribution in [1.29, 1.82) is 0 Å². The van der Waals surface area contributed by atoms with Crippen LogP contribution in [0.5, 0.6) is 17.2 Å². The highest BCUT2D eigenvalue weighted by atomic mass is 16.5. The molecule has 2 aromatic carbocycles. The van der Waals surface area contributed by atoms with Crippen LogP contribution in [0.4, 0.5) is 0 Å². The van der Waals surface area contributed by atoms with E-state index in [1.807, 2.05) is 37.3 Å². The average molecular weight is 337 g/mol. The van der Waals surface area contributed by atoms with Gasteiger partial charge in [0.25, 0.3) is 0 Å². The molecule has 1 aromatic heterocycles. The van der Waals surface area contributed by atoms with Gasteiger partial charge in [-0.2, -0.15) is 0 Å². The van der Waals surface area contributed by atoms with Gasteiger partial charge in [0.05, 0.1) is 6.61 Å². The predicted octanol–water partition coefficient (Wildman–Crippen LogP) is 4.61. The van der Waals surface area contributed by atoms with E-state index < -0.39 is 5.97 Å². The summed E-state index contributed by atoms with van der Waals surface area (Å²) in [5.41, 5.74) is 0.560. The minimum atomic E-state index is -0.617. The Morgan fingerprint density at radius 2 is 1.84 bits per heavy atom. The third-order valence-corrected chi connectivity index (χ3v) is 3.75. The van der Waals surface area contributed by atoms with Gasteiger partial charge in [-0.25, -0.2) is 9.78 Å². The van der Waals surface area contributed by atoms with Gasteiger partial charge in [0.2, 0.25) is 0 Å². The zero-order chi connectivity index (χ0) is 17.8. The van der Waals surface area contributed by atoms with E-state index in [1.165, 1.54) is 0 Å². The molecule has 0 saturated heterocycles. The molecule has 0 amide bonds. The number of nitrogens with zero attached hydrogens (tertiary/aromatic N) is 1. The van der Waals surface area contributed by atoms with Crippen molar-refractivity contribution in [3.63, 3.8) is 0 Å². The predicted molar refractivity (Wildman–Crippen MR) is 95.2 cm³/mol. The number of aromatic hydroxyl groups is 1. The molecular formula is C20H19NO4. The minimum absolute atomic E-state index is 0.0600. The third-order valence-electron chi connectivity index (χ3n) is 3.75. The molecule has 3 aromatic rings. The molecule has 0 unspecified atom stereocenters. The lowest BCUT2D eigenvalue weighted by Crippen LogP contribution is -2.09. The van der Waals surface area contributed by atoms with Crippen LogP contribution in [0.1, 0.15) is 29.5 Å². The van der Waals surface area contributed by atoms with Gasteiger partial charge in [0.1, 0.15) is 11.5 Å². The number of hydrogen-bond donors (Lipinski definition) is 1. The van der Waals surface area contributed by atoms with Crippen molar-refractivity contribution in [2.45, 2.75) is 20.3 Å². The Labute approximate surface area is 145 Å². The second-order valence-electron chi connectivity index (χ2n) is 5.65. The fourth-order valence-corrected chi connectivity index (χ4v) is 2.53. The lowest BCUT2D eigenvalue weighted by atomic mass is 10.1. The van der Waals surface area contributed by atoms with E-state index in [-0.39, 0.29) is 11.4 Å². The molecule has 3 rings (SSSR count). The van der Waals surface area contributed by atoms with Crippen LogP contribution in [-0.4, -0.2) is 22.7 Å². The molecule has 1 heterocycles. The Bertz CT molecular complexity index is 906. The molecule has 5 nitrogen and oxygen atoms in total. The van der Waals surface area contributed by atoms with Gasteiger partial charge in [-0.3, -0.25) is 0 Å². The smallest absolute Gasteiger partial charge is 0.360 e. The fraction of sp³-hybridized carbons (Fsp3) is 0.200. The van der Waals surface area contributed by atoms with Crippen molar-refractivity contribution in [2.75, 3.05) is 6.61 Å². The van der Waals surface area contributed by atoms with Crippen LogP contribution in [-0.2, 0) is 4.74 Å². The SMILES string of the molecule is CCCOC(=O)c1nc(C)c2cc(Oc3ccccc3)ccc2c1O. The molecule has 0 bridgehead atoms. The topological polar surface area (TPSA) is 68.7 Å². The van der Waals surface area contributed by atoms with E-state index in [2.05, 4.69) is 4.98 Å². The van der Waals surface area contributed by atoms with Crippen molar-refractivity contribution in [2.24, 2.45) is 0 Å². The standard InChI is InChI=1S/C20H19NO4/c1-3-11-24-20(23)18-19(22)16-10-9-15(12-17(16)13(2)21-18)25-14-7-5-4-6-8-14/h4-10,12,22H,3,11H2,1-2H3. The third kappa shape index (κ3) is 3.55. The normalized spacial score (nSPS) is 10.6. The molecule has 0 fully saturated rings. The number of benzene rings is 2. The van der Waals surface area contributed by atoms with Crippen molar-refractivity contribution in [3.8, 4) is 17.2 Å². The summed E-state index contributed by atoms with van der Waals surface area (Å²) in [5, 5.41) is 11.7. The molecule has 0 aliphatic carbocycles. The molecule has 128 valence electrons. The molecule has 0 spiro atoms. The van der Waals surface area contributed by atoms with Crippen LogP contribution in [0.25, 0.3) is 10.8 Å². The first-order valence-electron chi connectivity index (χ1n) is 8.13. The Kier molecular flexibility index (Phi) is 4.84. The minimum Gasteiger partial charge on any atom is -0.505 e. The van der Waals surface area contributed by atoms with Crippen LogP contribution < -0.4 is 4.74 Å². The fourth-order valence-electron chi connectivity index (χ4n) is 2.53. The monoisotopic (exact) mass is 337 g/mol. The highest BCUT2D eigenvalue weighted by molar-refractivity contribution is 6.00. The number of rotatable bonds is 5. The highest BCUT2D eigenvalue weighted by Crippen LogP contribution is 2.33. The van der Waals surface area contributed by atoms with Crippen molar-refractivity contribution in [1.82, 2.24) is 4.98 Å². The summed E-state index contributed by atoms with van der Waals surface area (Å²) in [4.78, 5) is 16.3. The number of esters is 1. The highest BCUT2D eigenvalue weighted by Gasteiger charge is 2.19. The first-order valence-corrected chi connectivity index (χ1v) is 8.13. The maximum absolute atomic E-state index is 12.1. The molecule has 0 saturated carbocycles. The van der Waals surface area contributed by atoms with Crippen molar-refractivity contribution < 1.29 is 19.4 Å². The molecule has 25 heavy (non-hydrogen) atoms. The molecule has 0 aliphatic heterocycles. The quantitative estimate of drug-likeness (QED) is 0.689. The van der Waals surface area contributed by atoms with Gasteiger partial charge >= 0.3 is 5.97 Å². The first-order chi connectivity index (χ1) is 12.1. The van der Waals surface area contributed by atoms with Crippen LogP contribution in [0, 0.1) is 6.92 Å². The van der Waals surface area contributed by atoms with Gasteiger partial charge in [-0.1, -0.05) is 25.1 Å². The lowest BCUT2D eigenvalue weighted by molar-refractivity contribution is 0.0494. The van der Waals surface area contributed by atoms with Gasteiger partial charge in [-0.05, 0) is 43.7 Å². The lowest BCUT2D eigenvalue weighted by Gasteiger charge is -2.11. The van der Waals surface area contributed by atoms with Crippen LogP contribution in [0.2, 0.25) is 0 Å². The van der Waals surface area contributed by atoms with Crippen molar-refractivity contribution >= 4 is 16.7 Å². The number of carbonyl (C=O) groups is 1. The number of para-hydroxylation sites is 1. The molecular weight excluding hydrogens is 318 g/mol. The summed E-state index contributed by atoms with van der Waals surface area (Å²) >= 11 is 0. The van der Waals surface area contributed by atoms with Crippen LogP contribution in [0.3, 0.4) is 0 Å². The van der Waals surface area contributed by atoms with E-state index in [1.54, 1.807) is 25.1 Å². The first kappa shape index (κ1) is 16.8.